The van der Waals surface area contributed by atoms with Gasteiger partial charge in [-0.05, 0) is 31.2 Å². The lowest BCUT2D eigenvalue weighted by Gasteiger charge is -2.13. The molecule has 0 N–H and O–H groups in total. The largest absolute Gasteiger partial charge is 0.496 e. The first-order chi connectivity index (χ1) is 8.13. The molecule has 0 fully saturated rings. The number of alkyl halides is 1. The minimum atomic E-state index is -0.286. The van der Waals surface area contributed by atoms with Crippen LogP contribution in [0.15, 0.2) is 34.9 Å². The van der Waals surface area contributed by atoms with Gasteiger partial charge in [-0.15, -0.1) is 0 Å². The SMILES string of the molecule is COc1ccc(F)cc1C(Br)c1ccoc1C. The van der Waals surface area contributed by atoms with E-state index in [-0.39, 0.29) is 10.6 Å². The van der Waals surface area contributed by atoms with Gasteiger partial charge in [-0.2, -0.15) is 0 Å². The van der Waals surface area contributed by atoms with E-state index < -0.39 is 0 Å². The highest BCUT2D eigenvalue weighted by Gasteiger charge is 2.19. The number of halogens is 2. The average Bonchev–Trinajstić information content (AvgIpc) is 2.74. The van der Waals surface area contributed by atoms with Crippen LogP contribution in [0.3, 0.4) is 0 Å². The van der Waals surface area contributed by atoms with Crippen LogP contribution in [0.4, 0.5) is 4.39 Å². The van der Waals surface area contributed by atoms with Crippen molar-refractivity contribution in [2.24, 2.45) is 0 Å². The van der Waals surface area contributed by atoms with Gasteiger partial charge in [0.2, 0.25) is 0 Å². The Morgan fingerprint density at radius 3 is 2.65 bits per heavy atom. The molecule has 0 aliphatic heterocycles. The lowest BCUT2D eigenvalue weighted by Crippen LogP contribution is -1.98. The van der Waals surface area contributed by atoms with Gasteiger partial charge in [0.25, 0.3) is 0 Å². The summed E-state index contributed by atoms with van der Waals surface area (Å²) in [6.07, 6.45) is 1.62. The first-order valence-corrected chi connectivity index (χ1v) is 6.06. The zero-order chi connectivity index (χ0) is 12.4. The van der Waals surface area contributed by atoms with Crippen LogP contribution in [0.1, 0.15) is 21.7 Å². The van der Waals surface area contributed by atoms with Crippen molar-refractivity contribution in [2.75, 3.05) is 7.11 Å². The van der Waals surface area contributed by atoms with Gasteiger partial charge in [-0.3, -0.25) is 0 Å². The van der Waals surface area contributed by atoms with Crippen LogP contribution >= 0.6 is 15.9 Å². The normalized spacial score (nSPS) is 12.5. The number of furan rings is 1. The van der Waals surface area contributed by atoms with Gasteiger partial charge in [0.05, 0.1) is 18.2 Å². The quantitative estimate of drug-likeness (QED) is 0.792. The summed E-state index contributed by atoms with van der Waals surface area (Å²) in [6, 6.07) is 6.32. The molecule has 0 spiro atoms. The Balaban J connectivity index is 2.46. The smallest absolute Gasteiger partial charge is 0.123 e. The third kappa shape index (κ3) is 2.36. The number of hydrogen-bond acceptors (Lipinski definition) is 2. The Labute approximate surface area is 108 Å². The minimum absolute atomic E-state index is 0.146. The summed E-state index contributed by atoms with van der Waals surface area (Å²) >= 11 is 3.54. The number of methoxy groups -OCH3 is 1. The fraction of sp³-hybridized carbons (Fsp3) is 0.231. The molecule has 1 heterocycles. The lowest BCUT2D eigenvalue weighted by molar-refractivity contribution is 0.409. The van der Waals surface area contributed by atoms with Gasteiger partial charge >= 0.3 is 0 Å². The molecule has 1 unspecified atom stereocenters. The van der Waals surface area contributed by atoms with E-state index in [4.69, 9.17) is 9.15 Å². The summed E-state index contributed by atoms with van der Waals surface area (Å²) in [5.74, 6) is 1.17. The summed E-state index contributed by atoms with van der Waals surface area (Å²) in [5.41, 5.74) is 1.71. The zero-order valence-corrected chi connectivity index (χ0v) is 11.1. The van der Waals surface area contributed by atoms with Crippen LogP contribution in [0.25, 0.3) is 0 Å². The molecule has 1 atom stereocenters. The maximum atomic E-state index is 13.3. The van der Waals surface area contributed by atoms with E-state index in [2.05, 4.69) is 15.9 Å². The summed E-state index contributed by atoms with van der Waals surface area (Å²) in [5, 5.41) is 0. The Hall–Kier alpha value is -1.29. The molecule has 90 valence electrons. The van der Waals surface area contributed by atoms with E-state index in [9.17, 15) is 4.39 Å². The molecule has 0 saturated carbocycles. The molecular formula is C13H12BrFO2. The first kappa shape index (κ1) is 12.2. The number of aryl methyl sites for hydroxylation is 1. The second-order valence-electron chi connectivity index (χ2n) is 3.68. The zero-order valence-electron chi connectivity index (χ0n) is 9.54. The van der Waals surface area contributed by atoms with Gasteiger partial charge in [0.15, 0.2) is 0 Å². The Bertz CT molecular complexity index is 522. The third-order valence-electron chi connectivity index (χ3n) is 2.64. The molecule has 2 nitrogen and oxygen atoms in total. The second-order valence-corrected chi connectivity index (χ2v) is 4.60. The Morgan fingerprint density at radius 1 is 1.29 bits per heavy atom. The van der Waals surface area contributed by atoms with Crippen LogP contribution in [0, 0.1) is 12.7 Å². The highest BCUT2D eigenvalue weighted by Crippen LogP contribution is 2.38. The second kappa shape index (κ2) is 4.92. The predicted octanol–water partition coefficient (Wildman–Crippen LogP) is 4.22. The number of hydrogen-bond donors (Lipinski definition) is 0. The summed E-state index contributed by atoms with van der Waals surface area (Å²) in [7, 11) is 1.57. The van der Waals surface area contributed by atoms with Crippen molar-refractivity contribution < 1.29 is 13.5 Å². The van der Waals surface area contributed by atoms with E-state index in [1.54, 1.807) is 19.4 Å². The lowest BCUT2D eigenvalue weighted by atomic mass is 10.0. The predicted molar refractivity (Wildman–Crippen MR) is 67.2 cm³/mol. The van der Waals surface area contributed by atoms with Gasteiger partial charge in [-0.25, -0.2) is 4.39 Å². The minimum Gasteiger partial charge on any atom is -0.496 e. The Morgan fingerprint density at radius 2 is 2.06 bits per heavy atom. The van der Waals surface area contributed by atoms with E-state index in [0.29, 0.717) is 5.75 Å². The van der Waals surface area contributed by atoms with Gasteiger partial charge in [0.1, 0.15) is 17.3 Å². The van der Waals surface area contributed by atoms with Crippen LogP contribution in [-0.4, -0.2) is 7.11 Å². The average molecular weight is 299 g/mol. The molecular weight excluding hydrogens is 287 g/mol. The highest BCUT2D eigenvalue weighted by molar-refractivity contribution is 9.09. The summed E-state index contributed by atoms with van der Waals surface area (Å²) in [6.45, 7) is 1.87. The topological polar surface area (TPSA) is 22.4 Å². The molecule has 2 aromatic rings. The molecule has 0 saturated heterocycles. The van der Waals surface area contributed by atoms with Crippen LogP contribution in [0.5, 0.6) is 5.75 Å². The molecule has 17 heavy (non-hydrogen) atoms. The van der Waals surface area contributed by atoms with Crippen molar-refractivity contribution >= 4 is 15.9 Å². The number of ether oxygens (including phenoxy) is 1. The Kier molecular flexibility index (Phi) is 3.52. The van der Waals surface area contributed by atoms with E-state index >= 15 is 0 Å². The summed E-state index contributed by atoms with van der Waals surface area (Å²) < 4.78 is 23.8. The van der Waals surface area contributed by atoms with E-state index in [1.165, 1.54) is 12.1 Å². The first-order valence-electron chi connectivity index (χ1n) is 5.15. The van der Waals surface area contributed by atoms with Crippen molar-refractivity contribution in [3.05, 3.63) is 53.2 Å². The molecule has 0 bridgehead atoms. The van der Waals surface area contributed by atoms with Crippen LogP contribution in [0.2, 0.25) is 0 Å². The van der Waals surface area contributed by atoms with Crippen molar-refractivity contribution in [1.29, 1.82) is 0 Å². The van der Waals surface area contributed by atoms with Crippen molar-refractivity contribution in [3.8, 4) is 5.75 Å². The van der Waals surface area contributed by atoms with E-state index in [0.717, 1.165) is 16.9 Å². The monoisotopic (exact) mass is 298 g/mol. The maximum Gasteiger partial charge on any atom is 0.123 e. The number of rotatable bonds is 3. The van der Waals surface area contributed by atoms with Crippen molar-refractivity contribution in [3.63, 3.8) is 0 Å². The van der Waals surface area contributed by atoms with Crippen molar-refractivity contribution in [2.45, 2.75) is 11.8 Å². The number of benzene rings is 1. The summed E-state index contributed by atoms with van der Waals surface area (Å²) in [4.78, 5) is -0.146. The molecule has 4 heteroatoms. The molecule has 0 radical (unpaired) electrons. The fourth-order valence-corrected chi connectivity index (χ4v) is 2.56. The third-order valence-corrected chi connectivity index (χ3v) is 3.62. The molecule has 1 aromatic carbocycles. The van der Waals surface area contributed by atoms with Crippen molar-refractivity contribution in [1.82, 2.24) is 0 Å². The fourth-order valence-electron chi connectivity index (χ4n) is 1.73. The molecule has 0 amide bonds. The standard InChI is InChI=1S/C13H12BrFO2/c1-8-10(5-6-17-8)13(14)11-7-9(15)3-4-12(11)16-2/h3-7,13H,1-2H3. The molecule has 0 aliphatic carbocycles. The van der Waals surface area contributed by atoms with E-state index in [1.807, 2.05) is 13.0 Å². The highest BCUT2D eigenvalue weighted by atomic mass is 79.9. The molecule has 2 rings (SSSR count). The van der Waals surface area contributed by atoms with Crippen LogP contribution < -0.4 is 4.74 Å². The van der Waals surface area contributed by atoms with Gasteiger partial charge in [-0.1, -0.05) is 15.9 Å². The van der Waals surface area contributed by atoms with Gasteiger partial charge in [0, 0.05) is 11.1 Å². The maximum absolute atomic E-state index is 13.3. The van der Waals surface area contributed by atoms with Gasteiger partial charge < -0.3 is 9.15 Å². The molecule has 1 aromatic heterocycles. The molecule has 0 aliphatic rings. The van der Waals surface area contributed by atoms with Crippen LogP contribution in [-0.2, 0) is 0 Å².